The van der Waals surface area contributed by atoms with Gasteiger partial charge in [0.25, 0.3) is 0 Å². The van der Waals surface area contributed by atoms with E-state index in [-0.39, 0.29) is 0 Å². The van der Waals surface area contributed by atoms with E-state index in [1.54, 1.807) is 0 Å². The zero-order chi connectivity index (χ0) is 30.5. The molecule has 0 spiro atoms. The van der Waals surface area contributed by atoms with Crippen LogP contribution in [0.25, 0.3) is 87.6 Å². The van der Waals surface area contributed by atoms with Gasteiger partial charge in [-0.3, -0.25) is 0 Å². The number of benzene rings is 9. The molecule has 9 aromatic rings. The molecule has 0 atom stereocenters. The van der Waals surface area contributed by atoms with Crippen molar-refractivity contribution in [3.05, 3.63) is 182 Å². The van der Waals surface area contributed by atoms with Crippen LogP contribution in [0.15, 0.2) is 182 Å². The third-order valence-corrected chi connectivity index (χ3v) is 9.45. The summed E-state index contributed by atoms with van der Waals surface area (Å²) in [4.78, 5) is 0. The van der Waals surface area contributed by atoms with Crippen LogP contribution in [-0.4, -0.2) is 0 Å². The third-order valence-electron chi connectivity index (χ3n) is 9.45. The van der Waals surface area contributed by atoms with Gasteiger partial charge in [0.05, 0.1) is 0 Å². The molecule has 214 valence electrons. The SMILES string of the molecule is c1ccc(-c2cc(-c3c4ccccc4c(-c4ccccc4)c4ccccc34)ccc2-c2cc3ccccc3c3ccccc23)cc1. The van der Waals surface area contributed by atoms with E-state index in [0.29, 0.717) is 0 Å². The van der Waals surface area contributed by atoms with Crippen LogP contribution in [0.1, 0.15) is 0 Å². The molecule has 0 saturated carbocycles. The van der Waals surface area contributed by atoms with Gasteiger partial charge < -0.3 is 0 Å². The van der Waals surface area contributed by atoms with Gasteiger partial charge in [-0.25, -0.2) is 0 Å². The van der Waals surface area contributed by atoms with Crippen molar-refractivity contribution in [2.45, 2.75) is 0 Å². The summed E-state index contributed by atoms with van der Waals surface area (Å²) in [5.74, 6) is 0. The Morgan fingerprint density at radius 3 is 1.28 bits per heavy atom. The van der Waals surface area contributed by atoms with Crippen molar-refractivity contribution >= 4 is 43.1 Å². The first kappa shape index (κ1) is 26.4. The molecule has 9 aromatic carbocycles. The molecule has 0 N–H and O–H groups in total. The highest BCUT2D eigenvalue weighted by Gasteiger charge is 2.19. The molecular weight excluding hydrogens is 553 g/mol. The molecule has 0 aromatic heterocycles. The fraction of sp³-hybridized carbons (Fsp3) is 0. The fourth-order valence-corrected chi connectivity index (χ4v) is 7.42. The second-order valence-electron chi connectivity index (χ2n) is 12.0. The fourth-order valence-electron chi connectivity index (χ4n) is 7.42. The van der Waals surface area contributed by atoms with Gasteiger partial charge in [-0.05, 0) is 99.7 Å². The Kier molecular flexibility index (Phi) is 6.25. The molecule has 0 heterocycles. The lowest BCUT2D eigenvalue weighted by atomic mass is 9.83. The maximum Gasteiger partial charge on any atom is -0.00261 e. The van der Waals surface area contributed by atoms with Gasteiger partial charge in [0.2, 0.25) is 0 Å². The van der Waals surface area contributed by atoms with Gasteiger partial charge in [-0.2, -0.15) is 0 Å². The first-order valence-electron chi connectivity index (χ1n) is 15.9. The molecule has 0 fully saturated rings. The third kappa shape index (κ3) is 4.23. The second kappa shape index (κ2) is 10.9. The summed E-state index contributed by atoms with van der Waals surface area (Å²) in [5.41, 5.74) is 9.98. The summed E-state index contributed by atoms with van der Waals surface area (Å²) in [6.07, 6.45) is 0. The van der Waals surface area contributed by atoms with Crippen molar-refractivity contribution in [3.8, 4) is 44.5 Å². The van der Waals surface area contributed by atoms with Gasteiger partial charge in [0, 0.05) is 0 Å². The maximum atomic E-state index is 2.42. The molecule has 0 aliphatic heterocycles. The van der Waals surface area contributed by atoms with Crippen molar-refractivity contribution in [2.24, 2.45) is 0 Å². The quantitative estimate of drug-likeness (QED) is 0.143. The molecule has 0 bridgehead atoms. The molecule has 0 amide bonds. The zero-order valence-electron chi connectivity index (χ0n) is 25.3. The van der Waals surface area contributed by atoms with Crippen molar-refractivity contribution in [2.75, 3.05) is 0 Å². The lowest BCUT2D eigenvalue weighted by Gasteiger charge is -2.20. The van der Waals surface area contributed by atoms with E-state index < -0.39 is 0 Å². The van der Waals surface area contributed by atoms with Crippen LogP contribution in [-0.2, 0) is 0 Å². The number of fused-ring (bicyclic) bond motifs is 5. The Hall–Kier alpha value is -5.98. The Morgan fingerprint density at radius 1 is 0.217 bits per heavy atom. The van der Waals surface area contributed by atoms with Crippen molar-refractivity contribution in [1.82, 2.24) is 0 Å². The molecular formula is C46H30. The Balaban J connectivity index is 1.37. The molecule has 0 radical (unpaired) electrons. The molecule has 0 nitrogen and oxygen atoms in total. The molecule has 0 aliphatic carbocycles. The summed E-state index contributed by atoms with van der Waals surface area (Å²) in [6.45, 7) is 0. The van der Waals surface area contributed by atoms with Crippen LogP contribution < -0.4 is 0 Å². The average Bonchev–Trinajstić information content (AvgIpc) is 3.14. The van der Waals surface area contributed by atoms with Gasteiger partial charge >= 0.3 is 0 Å². The molecule has 0 saturated heterocycles. The first-order chi connectivity index (χ1) is 22.8. The molecule has 0 aliphatic rings. The predicted octanol–water partition coefficient (Wildman–Crippen LogP) is 13.0. The van der Waals surface area contributed by atoms with Crippen LogP contribution >= 0.6 is 0 Å². The van der Waals surface area contributed by atoms with Crippen LogP contribution in [0.2, 0.25) is 0 Å². The second-order valence-corrected chi connectivity index (χ2v) is 12.0. The number of hydrogen-bond donors (Lipinski definition) is 0. The summed E-state index contributed by atoms with van der Waals surface area (Å²) in [7, 11) is 0. The van der Waals surface area contributed by atoms with E-state index in [4.69, 9.17) is 0 Å². The molecule has 9 rings (SSSR count). The smallest absolute Gasteiger partial charge is 0.00261 e. The Morgan fingerprint density at radius 2 is 0.674 bits per heavy atom. The Bertz CT molecular complexity index is 2500. The minimum atomic E-state index is 1.21. The highest BCUT2D eigenvalue weighted by Crippen LogP contribution is 2.46. The van der Waals surface area contributed by atoms with E-state index in [1.165, 1.54) is 87.6 Å². The highest BCUT2D eigenvalue weighted by molar-refractivity contribution is 6.22. The van der Waals surface area contributed by atoms with Gasteiger partial charge in [-0.1, -0.05) is 170 Å². The minimum Gasteiger partial charge on any atom is -0.0622 e. The summed E-state index contributed by atoms with van der Waals surface area (Å²) in [5, 5.41) is 10.2. The standard InChI is InChI=1S/C46H30/c1-3-15-31(16-4-1)43-30-34(27-28-38(43)44-29-33-19-7-8-20-35(33)36-21-9-10-22-37(36)44)46-41-25-13-11-23-39(41)45(32-17-5-2-6-18-32)40-24-12-14-26-42(40)46/h1-30H. The van der Waals surface area contributed by atoms with Crippen LogP contribution in [0, 0.1) is 0 Å². The topological polar surface area (TPSA) is 0 Å². The van der Waals surface area contributed by atoms with Gasteiger partial charge in [0.1, 0.15) is 0 Å². The van der Waals surface area contributed by atoms with Crippen LogP contribution in [0.5, 0.6) is 0 Å². The van der Waals surface area contributed by atoms with Gasteiger partial charge in [0.15, 0.2) is 0 Å². The van der Waals surface area contributed by atoms with Crippen molar-refractivity contribution in [3.63, 3.8) is 0 Å². The van der Waals surface area contributed by atoms with E-state index in [2.05, 4.69) is 182 Å². The normalized spacial score (nSPS) is 11.5. The monoisotopic (exact) mass is 582 g/mol. The number of hydrogen-bond acceptors (Lipinski definition) is 0. The van der Waals surface area contributed by atoms with Crippen LogP contribution in [0.3, 0.4) is 0 Å². The molecule has 0 unspecified atom stereocenters. The van der Waals surface area contributed by atoms with Crippen molar-refractivity contribution in [1.29, 1.82) is 0 Å². The van der Waals surface area contributed by atoms with E-state index in [0.717, 1.165) is 0 Å². The average molecular weight is 583 g/mol. The lowest BCUT2D eigenvalue weighted by molar-refractivity contribution is 1.59. The number of rotatable bonds is 4. The van der Waals surface area contributed by atoms with Gasteiger partial charge in [-0.15, -0.1) is 0 Å². The van der Waals surface area contributed by atoms with Crippen LogP contribution in [0.4, 0.5) is 0 Å². The predicted molar refractivity (Wildman–Crippen MR) is 198 cm³/mol. The van der Waals surface area contributed by atoms with E-state index in [9.17, 15) is 0 Å². The summed E-state index contributed by atoms with van der Waals surface area (Å²) >= 11 is 0. The van der Waals surface area contributed by atoms with E-state index >= 15 is 0 Å². The largest absolute Gasteiger partial charge is 0.0622 e. The molecule has 46 heavy (non-hydrogen) atoms. The minimum absolute atomic E-state index is 1.21. The zero-order valence-corrected chi connectivity index (χ0v) is 25.3. The summed E-state index contributed by atoms with van der Waals surface area (Å²) < 4.78 is 0. The first-order valence-corrected chi connectivity index (χ1v) is 15.9. The van der Waals surface area contributed by atoms with Crippen molar-refractivity contribution < 1.29 is 0 Å². The van der Waals surface area contributed by atoms with E-state index in [1.807, 2.05) is 0 Å². The maximum absolute atomic E-state index is 2.42. The summed E-state index contributed by atoms with van der Waals surface area (Å²) in [6, 6.07) is 66.5. The molecule has 0 heteroatoms. The lowest BCUT2D eigenvalue weighted by Crippen LogP contribution is -1.93. The highest BCUT2D eigenvalue weighted by atomic mass is 14.2. The Labute approximate surface area is 268 Å².